The number of nitrogens with zero attached hydrogens (tertiary/aromatic N) is 1. The fourth-order valence-corrected chi connectivity index (χ4v) is 8.23. The van der Waals surface area contributed by atoms with E-state index in [2.05, 4.69) is 127 Å². The summed E-state index contributed by atoms with van der Waals surface area (Å²) in [7, 11) is 0. The molecule has 3 heteroatoms. The summed E-state index contributed by atoms with van der Waals surface area (Å²) in [6.45, 7) is 12.7. The van der Waals surface area contributed by atoms with Crippen molar-refractivity contribution in [1.82, 2.24) is 0 Å². The lowest BCUT2D eigenvalue weighted by Gasteiger charge is -2.39. The van der Waals surface area contributed by atoms with Crippen molar-refractivity contribution in [1.29, 1.82) is 0 Å². The summed E-state index contributed by atoms with van der Waals surface area (Å²) < 4.78 is 6.49. The van der Waals surface area contributed by atoms with E-state index in [0.29, 0.717) is 0 Å². The van der Waals surface area contributed by atoms with E-state index in [9.17, 15) is 0 Å². The number of hydrogen-bond donors (Lipinski definition) is 1. The van der Waals surface area contributed by atoms with Crippen molar-refractivity contribution in [2.75, 3.05) is 24.7 Å². The number of allylic oxidation sites excluding steroid dienone is 1. The van der Waals surface area contributed by atoms with Crippen LogP contribution in [0.3, 0.4) is 0 Å². The number of benzene rings is 5. The van der Waals surface area contributed by atoms with Gasteiger partial charge in [0.25, 0.3) is 0 Å². The fourth-order valence-electron chi connectivity index (χ4n) is 8.23. The van der Waals surface area contributed by atoms with Gasteiger partial charge in [0.2, 0.25) is 0 Å². The standard InChI is InChI=1S/C40H38N2O.2C2H6/c1-39(43-27-41)36-17-9-8-16-34(36)37-32-15-7-6-14-31(32)35-26-40(23-22-33(35)38(37)39,28-12-4-2-5-13-28)29-18-20-30(21-19-29)42-24-10-3-11-25-42;2*1-2/h2,4-9,12-23H,3,10-11,24-27,41H2,1H3;2*1-2H3. The van der Waals surface area contributed by atoms with E-state index in [1.807, 2.05) is 27.7 Å². The molecule has 47 heavy (non-hydrogen) atoms. The SMILES string of the molecule is CC.CC.CC1(OCN)c2ccccc2-c2c1c1c(c3ccccc23)CC(c2ccccc2)(c2ccc(N3CCCCC3)cc2)C=C1. The maximum atomic E-state index is 6.49. The number of fused-ring (bicyclic) bond motifs is 8. The van der Waals surface area contributed by atoms with Crippen LogP contribution in [0, 0.1) is 0 Å². The third kappa shape index (κ3) is 5.40. The Kier molecular flexibility index (Phi) is 9.68. The average molecular weight is 623 g/mol. The van der Waals surface area contributed by atoms with Gasteiger partial charge in [0.15, 0.2) is 0 Å². The molecule has 2 atom stereocenters. The van der Waals surface area contributed by atoms with Crippen LogP contribution in [0.2, 0.25) is 0 Å². The molecule has 2 unspecified atom stereocenters. The molecule has 0 aromatic heterocycles. The Bertz CT molecular complexity index is 1850. The summed E-state index contributed by atoms with van der Waals surface area (Å²) in [4.78, 5) is 2.54. The van der Waals surface area contributed by atoms with Crippen LogP contribution in [-0.4, -0.2) is 19.8 Å². The summed E-state index contributed by atoms with van der Waals surface area (Å²) in [6, 6.07) is 38.1. The highest BCUT2D eigenvalue weighted by Gasteiger charge is 2.45. The van der Waals surface area contributed by atoms with E-state index in [-0.39, 0.29) is 12.1 Å². The van der Waals surface area contributed by atoms with Gasteiger partial charge in [-0.25, -0.2) is 0 Å². The molecule has 0 spiro atoms. The molecule has 5 aromatic rings. The lowest BCUT2D eigenvalue weighted by atomic mass is 9.65. The van der Waals surface area contributed by atoms with Crippen LogP contribution < -0.4 is 10.6 Å². The van der Waals surface area contributed by atoms with Crippen LogP contribution in [0.4, 0.5) is 5.69 Å². The predicted molar refractivity (Wildman–Crippen MR) is 201 cm³/mol. The Balaban J connectivity index is 0.000000932. The Morgan fingerprint density at radius 3 is 2.02 bits per heavy atom. The second-order valence-electron chi connectivity index (χ2n) is 12.5. The van der Waals surface area contributed by atoms with Gasteiger partial charge < -0.3 is 15.4 Å². The molecule has 0 radical (unpaired) electrons. The molecule has 2 N–H and O–H groups in total. The zero-order chi connectivity index (χ0) is 33.0. The van der Waals surface area contributed by atoms with E-state index >= 15 is 0 Å². The molecular formula is C44H50N2O. The van der Waals surface area contributed by atoms with E-state index in [1.54, 1.807) is 0 Å². The van der Waals surface area contributed by atoms with Gasteiger partial charge in [0.1, 0.15) is 5.60 Å². The van der Waals surface area contributed by atoms with Crippen molar-refractivity contribution in [2.45, 2.75) is 71.3 Å². The first-order valence-electron chi connectivity index (χ1n) is 17.8. The molecule has 1 heterocycles. The lowest BCUT2D eigenvalue weighted by molar-refractivity contribution is 0.00301. The highest BCUT2D eigenvalue weighted by molar-refractivity contribution is 6.06. The van der Waals surface area contributed by atoms with Crippen molar-refractivity contribution in [3.63, 3.8) is 0 Å². The van der Waals surface area contributed by atoms with Gasteiger partial charge in [-0.05, 0) is 94.5 Å². The van der Waals surface area contributed by atoms with Crippen molar-refractivity contribution in [3.8, 4) is 11.1 Å². The fraction of sp³-hybridized carbons (Fsp3) is 0.318. The van der Waals surface area contributed by atoms with Crippen LogP contribution >= 0.6 is 0 Å². The molecule has 242 valence electrons. The molecule has 0 saturated carbocycles. The predicted octanol–water partition coefficient (Wildman–Crippen LogP) is 10.6. The lowest BCUT2D eigenvalue weighted by Crippen LogP contribution is -2.33. The van der Waals surface area contributed by atoms with Crippen LogP contribution in [0.15, 0.2) is 109 Å². The Morgan fingerprint density at radius 1 is 0.702 bits per heavy atom. The number of anilines is 1. The summed E-state index contributed by atoms with van der Waals surface area (Å²) in [6.07, 6.45) is 9.62. The molecule has 1 aliphatic heterocycles. The Morgan fingerprint density at radius 2 is 1.32 bits per heavy atom. The van der Waals surface area contributed by atoms with Gasteiger partial charge in [-0.2, -0.15) is 0 Å². The third-order valence-electron chi connectivity index (χ3n) is 10.3. The van der Waals surface area contributed by atoms with Gasteiger partial charge in [-0.1, -0.05) is 131 Å². The number of ether oxygens (including phenoxy) is 1. The maximum Gasteiger partial charge on any atom is 0.119 e. The van der Waals surface area contributed by atoms with Gasteiger partial charge in [-0.15, -0.1) is 0 Å². The second kappa shape index (κ2) is 13.9. The van der Waals surface area contributed by atoms with Crippen LogP contribution in [-0.2, 0) is 22.2 Å². The van der Waals surface area contributed by atoms with Crippen LogP contribution in [0.1, 0.15) is 87.3 Å². The van der Waals surface area contributed by atoms with E-state index in [4.69, 9.17) is 10.5 Å². The number of hydrogen-bond acceptors (Lipinski definition) is 3. The minimum Gasteiger partial charge on any atom is -0.372 e. The first-order valence-corrected chi connectivity index (χ1v) is 17.8. The zero-order valence-electron chi connectivity index (χ0n) is 28.9. The average Bonchev–Trinajstić information content (AvgIpc) is 3.42. The van der Waals surface area contributed by atoms with Crippen LogP contribution in [0.25, 0.3) is 28.0 Å². The van der Waals surface area contributed by atoms with Gasteiger partial charge >= 0.3 is 0 Å². The molecule has 2 aliphatic carbocycles. The van der Waals surface area contributed by atoms with Gasteiger partial charge in [0.05, 0.1) is 6.73 Å². The summed E-state index contributed by atoms with van der Waals surface area (Å²) >= 11 is 0. The highest BCUT2D eigenvalue weighted by atomic mass is 16.5. The molecule has 1 fully saturated rings. The van der Waals surface area contributed by atoms with Crippen LogP contribution in [0.5, 0.6) is 0 Å². The van der Waals surface area contributed by atoms with Gasteiger partial charge in [-0.3, -0.25) is 0 Å². The Hall–Kier alpha value is -4.18. The zero-order valence-corrected chi connectivity index (χ0v) is 28.9. The maximum absolute atomic E-state index is 6.49. The topological polar surface area (TPSA) is 38.5 Å². The third-order valence-corrected chi connectivity index (χ3v) is 10.3. The first-order chi connectivity index (χ1) is 23.1. The molecule has 3 aliphatic rings. The molecular weight excluding hydrogens is 572 g/mol. The minimum absolute atomic E-state index is 0.160. The molecule has 0 amide bonds. The second-order valence-corrected chi connectivity index (χ2v) is 12.5. The number of rotatable bonds is 5. The smallest absolute Gasteiger partial charge is 0.119 e. The van der Waals surface area contributed by atoms with Crippen molar-refractivity contribution in [2.24, 2.45) is 5.73 Å². The summed E-state index contributed by atoms with van der Waals surface area (Å²) in [5, 5.41) is 2.60. The van der Waals surface area contributed by atoms with Crippen molar-refractivity contribution in [3.05, 3.63) is 143 Å². The van der Waals surface area contributed by atoms with E-state index in [1.165, 1.54) is 80.2 Å². The molecule has 8 rings (SSSR count). The molecule has 0 bridgehead atoms. The molecule has 1 saturated heterocycles. The molecule has 5 aromatic carbocycles. The van der Waals surface area contributed by atoms with E-state index < -0.39 is 5.60 Å². The van der Waals surface area contributed by atoms with Gasteiger partial charge in [0, 0.05) is 29.8 Å². The van der Waals surface area contributed by atoms with E-state index in [0.717, 1.165) is 19.5 Å². The van der Waals surface area contributed by atoms with Crippen molar-refractivity contribution >= 4 is 22.5 Å². The Labute approximate surface area is 282 Å². The quantitative estimate of drug-likeness (QED) is 0.198. The number of piperidine rings is 1. The van der Waals surface area contributed by atoms with Crippen molar-refractivity contribution < 1.29 is 4.74 Å². The number of nitrogens with two attached hydrogens (primary N) is 1. The summed E-state index contributed by atoms with van der Waals surface area (Å²) in [5.74, 6) is 0. The highest BCUT2D eigenvalue weighted by Crippen LogP contribution is 2.56. The summed E-state index contributed by atoms with van der Waals surface area (Å²) in [5.41, 5.74) is 16.8. The minimum atomic E-state index is -0.623. The molecule has 3 nitrogen and oxygen atoms in total. The largest absolute Gasteiger partial charge is 0.372 e. The first kappa shape index (κ1) is 32.7. The normalized spacial score (nSPS) is 20.7. The monoisotopic (exact) mass is 622 g/mol.